The molecule has 2 unspecified atom stereocenters. The molecule has 61 heavy (non-hydrogen) atoms. The number of rotatable bonds is 45. The molecule has 9 heteroatoms. The summed E-state index contributed by atoms with van der Waals surface area (Å²) < 4.78 is 35.1. The fourth-order valence-corrected chi connectivity index (χ4v) is 7.20. The second kappa shape index (κ2) is 44.5. The Morgan fingerprint density at radius 1 is 0.525 bits per heavy atom. The van der Waals surface area contributed by atoms with Crippen LogP contribution < -0.4 is 0 Å². The predicted molar refractivity (Wildman–Crippen MR) is 261 cm³/mol. The molecule has 2 atom stereocenters. The van der Waals surface area contributed by atoms with Crippen molar-refractivity contribution < 1.29 is 37.3 Å². The molecule has 0 rings (SSSR count). The smallest absolute Gasteiger partial charge is 0.457 e. The molecule has 0 spiro atoms. The molecule has 0 fully saturated rings. The Hall–Kier alpha value is -2.06. The maximum absolute atomic E-state index is 12.7. The van der Waals surface area contributed by atoms with Gasteiger partial charge in [0.25, 0.3) is 0 Å². The third kappa shape index (κ3) is 48.8. The van der Waals surface area contributed by atoms with Gasteiger partial charge in [-0.25, -0.2) is 4.57 Å². The zero-order chi connectivity index (χ0) is 44.8. The van der Waals surface area contributed by atoms with E-state index < -0.39 is 13.9 Å². The van der Waals surface area contributed by atoms with Crippen LogP contribution in [0, 0.1) is 0 Å². The first-order valence-corrected chi connectivity index (χ1v) is 26.2. The predicted octanol–water partition coefficient (Wildman–Crippen LogP) is 15.1. The van der Waals surface area contributed by atoms with Crippen LogP contribution in [0.15, 0.2) is 72.9 Å². The van der Waals surface area contributed by atoms with Crippen molar-refractivity contribution in [2.24, 2.45) is 0 Å². The van der Waals surface area contributed by atoms with Gasteiger partial charge in [-0.1, -0.05) is 177 Å². The highest BCUT2D eigenvalue weighted by Gasteiger charge is 2.26. The van der Waals surface area contributed by atoms with Crippen molar-refractivity contribution in [3.63, 3.8) is 0 Å². The summed E-state index contributed by atoms with van der Waals surface area (Å²) in [6, 6.07) is 0. The molecule has 1 N–H and O–H groups in total. The van der Waals surface area contributed by atoms with Gasteiger partial charge in [0.1, 0.15) is 19.3 Å². The van der Waals surface area contributed by atoms with E-state index in [4.69, 9.17) is 18.5 Å². The van der Waals surface area contributed by atoms with Crippen LogP contribution in [0.25, 0.3) is 0 Å². The maximum Gasteiger partial charge on any atom is 0.472 e. The molecule has 0 saturated carbocycles. The highest BCUT2D eigenvalue weighted by molar-refractivity contribution is 7.47. The summed E-state index contributed by atoms with van der Waals surface area (Å²) in [5.74, 6) is -0.326. The van der Waals surface area contributed by atoms with Gasteiger partial charge in [-0.3, -0.25) is 13.8 Å². The van der Waals surface area contributed by atoms with Crippen LogP contribution in [0.4, 0.5) is 0 Å². The number of carbonyl (C=O) groups excluding carboxylic acids is 1. The summed E-state index contributed by atoms with van der Waals surface area (Å²) in [6.07, 6.45) is 58.0. The lowest BCUT2D eigenvalue weighted by molar-refractivity contribution is -0.870. The van der Waals surface area contributed by atoms with Gasteiger partial charge in [0.05, 0.1) is 34.4 Å². The normalized spacial score (nSPS) is 14.3. The minimum Gasteiger partial charge on any atom is -0.457 e. The first-order valence-electron chi connectivity index (χ1n) is 24.7. The standard InChI is InChI=1S/C52H94NO7P/c1-6-8-10-12-14-16-18-20-22-24-25-26-27-28-30-32-34-36-38-40-42-44-47-57-49-51(50-59-61(55,56)58-48-46-53(3,4)5)60-52(54)45-43-41-39-37-35-33-31-29-23-21-19-17-15-13-11-9-7-2/h8,10,14,16,20-23,25-26,28,30,51H,6-7,9,11-13,15,17-19,24,27,29,31-50H2,1-5H3/p+1/b10-8-,16-14-,22-20-,23-21-,26-25-,30-28-. The maximum atomic E-state index is 12.7. The quantitative estimate of drug-likeness (QED) is 0.0214. The van der Waals surface area contributed by atoms with Crippen LogP contribution in [0.2, 0.25) is 0 Å². The number of phosphoric acid groups is 1. The second-order valence-electron chi connectivity index (χ2n) is 17.5. The Balaban J connectivity index is 4.22. The lowest BCUT2D eigenvalue weighted by Gasteiger charge is -2.24. The first kappa shape index (κ1) is 58.9. The molecule has 0 aromatic carbocycles. The molecule has 0 aromatic rings. The summed E-state index contributed by atoms with van der Waals surface area (Å²) in [7, 11) is 1.65. The lowest BCUT2D eigenvalue weighted by atomic mass is 10.1. The van der Waals surface area contributed by atoms with Crippen LogP contribution in [-0.2, 0) is 27.9 Å². The van der Waals surface area contributed by atoms with Crippen molar-refractivity contribution >= 4 is 13.8 Å². The van der Waals surface area contributed by atoms with E-state index in [0.29, 0.717) is 24.1 Å². The summed E-state index contributed by atoms with van der Waals surface area (Å²) in [4.78, 5) is 23.0. The molecule has 0 saturated heterocycles. The highest BCUT2D eigenvalue weighted by Crippen LogP contribution is 2.43. The molecule has 0 radical (unpaired) electrons. The number of phosphoric ester groups is 1. The number of esters is 1. The van der Waals surface area contributed by atoms with Gasteiger partial charge in [-0.2, -0.15) is 0 Å². The van der Waals surface area contributed by atoms with Crippen LogP contribution in [0.5, 0.6) is 0 Å². The van der Waals surface area contributed by atoms with Crippen molar-refractivity contribution in [2.75, 3.05) is 54.1 Å². The van der Waals surface area contributed by atoms with Gasteiger partial charge in [0, 0.05) is 13.0 Å². The van der Waals surface area contributed by atoms with E-state index in [-0.39, 0.29) is 25.8 Å². The van der Waals surface area contributed by atoms with Gasteiger partial charge in [-0.05, 0) is 83.5 Å². The Morgan fingerprint density at radius 2 is 0.951 bits per heavy atom. The molecule has 0 heterocycles. The average molecular weight is 877 g/mol. The van der Waals surface area contributed by atoms with Gasteiger partial charge in [-0.15, -0.1) is 0 Å². The van der Waals surface area contributed by atoms with Crippen molar-refractivity contribution in [1.29, 1.82) is 0 Å². The minimum atomic E-state index is -4.29. The topological polar surface area (TPSA) is 91.3 Å². The molecular weight excluding hydrogens is 782 g/mol. The fourth-order valence-electron chi connectivity index (χ4n) is 6.46. The molecule has 8 nitrogen and oxygen atoms in total. The van der Waals surface area contributed by atoms with Gasteiger partial charge < -0.3 is 18.9 Å². The monoisotopic (exact) mass is 877 g/mol. The minimum absolute atomic E-state index is 0.0813. The third-order valence-electron chi connectivity index (χ3n) is 10.3. The molecule has 354 valence electrons. The number of likely N-dealkylation sites (N-methyl/N-ethyl adjacent to an activating group) is 1. The number of hydrogen-bond acceptors (Lipinski definition) is 6. The van der Waals surface area contributed by atoms with E-state index >= 15 is 0 Å². The average Bonchev–Trinajstić information content (AvgIpc) is 3.22. The van der Waals surface area contributed by atoms with Crippen molar-refractivity contribution in [3.05, 3.63) is 72.9 Å². The van der Waals surface area contributed by atoms with Crippen LogP contribution in [-0.4, -0.2) is 75.6 Å². The largest absolute Gasteiger partial charge is 0.472 e. The van der Waals surface area contributed by atoms with Crippen molar-refractivity contribution in [1.82, 2.24) is 0 Å². The zero-order valence-corrected chi connectivity index (χ0v) is 41.0. The molecule has 0 amide bonds. The zero-order valence-electron chi connectivity index (χ0n) is 40.1. The summed E-state index contributed by atoms with van der Waals surface area (Å²) in [5, 5.41) is 0. The molecular formula is C52H95NO7P+. The van der Waals surface area contributed by atoms with Crippen LogP contribution in [0.1, 0.15) is 194 Å². The van der Waals surface area contributed by atoms with Crippen LogP contribution in [0.3, 0.4) is 0 Å². The summed E-state index contributed by atoms with van der Waals surface area (Å²) in [5.41, 5.74) is 0. The number of unbranched alkanes of at least 4 members (excludes halogenated alkanes) is 19. The molecule has 0 aromatic heterocycles. The van der Waals surface area contributed by atoms with E-state index in [9.17, 15) is 14.3 Å². The Kier molecular flexibility index (Phi) is 43.0. The Labute approximate surface area is 376 Å². The number of nitrogens with zero attached hydrogens (tertiary/aromatic N) is 1. The van der Waals surface area contributed by atoms with E-state index in [1.807, 2.05) is 21.1 Å². The number of quaternary nitrogens is 1. The first-order chi connectivity index (χ1) is 29.6. The summed E-state index contributed by atoms with van der Waals surface area (Å²) >= 11 is 0. The molecule has 0 aliphatic rings. The van der Waals surface area contributed by atoms with Crippen LogP contribution >= 0.6 is 7.82 Å². The number of allylic oxidation sites excluding steroid dienone is 12. The number of carbonyl (C=O) groups is 1. The third-order valence-corrected chi connectivity index (χ3v) is 11.2. The fraction of sp³-hybridized carbons (Fsp3) is 0.750. The Bertz CT molecular complexity index is 1200. The number of hydrogen-bond donors (Lipinski definition) is 1. The van der Waals surface area contributed by atoms with E-state index in [1.54, 1.807) is 0 Å². The highest BCUT2D eigenvalue weighted by atomic mass is 31.2. The molecule has 0 bridgehead atoms. The molecule has 0 aliphatic carbocycles. The summed E-state index contributed by atoms with van der Waals surface area (Å²) in [6.45, 7) is 5.46. The molecule has 0 aliphatic heterocycles. The SMILES string of the molecule is CC/C=C\C/C=C\C/C=C\C/C=C\C/C=C\CCCCCCCCOCC(COP(=O)(O)OCC[N+](C)(C)C)OC(=O)CCCCCCCCC/C=C\CCCCCCCC. The second-order valence-corrected chi connectivity index (χ2v) is 18.9. The van der Waals surface area contributed by atoms with Gasteiger partial charge in [0.15, 0.2) is 0 Å². The van der Waals surface area contributed by atoms with Gasteiger partial charge >= 0.3 is 13.8 Å². The van der Waals surface area contributed by atoms with Crippen molar-refractivity contribution in [2.45, 2.75) is 200 Å². The van der Waals surface area contributed by atoms with E-state index in [1.165, 1.54) is 96.3 Å². The van der Waals surface area contributed by atoms with E-state index in [0.717, 1.165) is 77.0 Å². The Morgan fingerprint density at radius 3 is 1.44 bits per heavy atom. The number of ether oxygens (including phenoxy) is 2. The van der Waals surface area contributed by atoms with Gasteiger partial charge in [0.2, 0.25) is 0 Å². The van der Waals surface area contributed by atoms with Crippen molar-refractivity contribution in [3.8, 4) is 0 Å². The van der Waals surface area contributed by atoms with E-state index in [2.05, 4.69) is 86.8 Å². The lowest BCUT2D eigenvalue weighted by Crippen LogP contribution is -2.37.